The molecule has 1 atom stereocenters. The van der Waals surface area contributed by atoms with Crippen LogP contribution >= 0.6 is 11.6 Å². The molecule has 7 nitrogen and oxygen atoms in total. The normalized spacial score (nSPS) is 20.0. The van der Waals surface area contributed by atoms with Crippen LogP contribution in [-0.4, -0.2) is 49.4 Å². The van der Waals surface area contributed by atoms with Crippen LogP contribution in [0.2, 0.25) is 5.15 Å². The predicted molar refractivity (Wildman–Crippen MR) is 74.7 cm³/mol. The van der Waals surface area contributed by atoms with Crippen LogP contribution in [0, 0.1) is 0 Å². The molecule has 1 aliphatic rings. The van der Waals surface area contributed by atoms with E-state index >= 15 is 0 Å². The summed E-state index contributed by atoms with van der Waals surface area (Å²) in [7, 11) is -3.07. The average Bonchev–Trinajstić information content (AvgIpc) is 2.75. The van der Waals surface area contributed by atoms with Gasteiger partial charge < -0.3 is 10.1 Å². The molecule has 0 radical (unpaired) electrons. The van der Waals surface area contributed by atoms with Crippen molar-refractivity contribution in [3.63, 3.8) is 0 Å². The zero-order chi connectivity index (χ0) is 15.5. The van der Waals surface area contributed by atoms with E-state index in [0.29, 0.717) is 6.42 Å². The molecular weight excluding hydrogens is 320 g/mol. The van der Waals surface area contributed by atoms with E-state index in [1.54, 1.807) is 0 Å². The van der Waals surface area contributed by atoms with Gasteiger partial charge in [0, 0.05) is 12.2 Å². The smallest absolute Gasteiger partial charge is 0.341 e. The fraction of sp³-hybridized carbons (Fsp3) is 0.417. The minimum atomic E-state index is -3.07. The first-order valence-electron chi connectivity index (χ1n) is 6.15. The van der Waals surface area contributed by atoms with Crippen molar-refractivity contribution in [1.29, 1.82) is 0 Å². The SMILES string of the molecule is O=C(COC(=O)c1cccnc1Cl)NC1CCS(=O)(=O)C1. The second kappa shape index (κ2) is 6.40. The Hall–Kier alpha value is -1.67. The van der Waals surface area contributed by atoms with E-state index in [9.17, 15) is 18.0 Å². The minimum Gasteiger partial charge on any atom is -0.452 e. The number of aromatic nitrogens is 1. The Labute approximate surface area is 126 Å². The van der Waals surface area contributed by atoms with Crippen LogP contribution in [-0.2, 0) is 19.4 Å². The van der Waals surface area contributed by atoms with Gasteiger partial charge in [-0.3, -0.25) is 4.79 Å². The molecule has 1 aromatic rings. The topological polar surface area (TPSA) is 102 Å². The molecule has 0 saturated carbocycles. The molecule has 1 saturated heterocycles. The van der Waals surface area contributed by atoms with Crippen molar-refractivity contribution in [3.05, 3.63) is 29.0 Å². The lowest BCUT2D eigenvalue weighted by Gasteiger charge is -2.11. The Morgan fingerprint density at radius 3 is 2.86 bits per heavy atom. The molecule has 1 aromatic heterocycles. The van der Waals surface area contributed by atoms with Gasteiger partial charge in [-0.15, -0.1) is 0 Å². The summed E-state index contributed by atoms with van der Waals surface area (Å²) in [6, 6.07) is 2.52. The number of nitrogens with zero attached hydrogens (tertiary/aromatic N) is 1. The molecule has 1 fully saturated rings. The highest BCUT2D eigenvalue weighted by atomic mass is 35.5. The largest absolute Gasteiger partial charge is 0.452 e. The van der Waals surface area contributed by atoms with Gasteiger partial charge in [0.05, 0.1) is 17.1 Å². The van der Waals surface area contributed by atoms with Crippen molar-refractivity contribution in [2.24, 2.45) is 0 Å². The third-order valence-corrected chi connectivity index (χ3v) is 4.98. The summed E-state index contributed by atoms with van der Waals surface area (Å²) >= 11 is 5.72. The molecule has 1 aliphatic heterocycles. The van der Waals surface area contributed by atoms with Gasteiger partial charge in [-0.25, -0.2) is 18.2 Å². The molecular formula is C12H13ClN2O5S. The van der Waals surface area contributed by atoms with Crippen molar-refractivity contribution >= 4 is 33.3 Å². The summed E-state index contributed by atoms with van der Waals surface area (Å²) < 4.78 is 27.3. The van der Waals surface area contributed by atoms with Crippen LogP contribution in [0.1, 0.15) is 16.8 Å². The monoisotopic (exact) mass is 332 g/mol. The number of nitrogens with one attached hydrogen (secondary N) is 1. The third-order valence-electron chi connectivity index (χ3n) is 2.91. The maximum absolute atomic E-state index is 11.7. The molecule has 9 heteroatoms. The Balaban J connectivity index is 1.82. The van der Waals surface area contributed by atoms with E-state index in [2.05, 4.69) is 10.3 Å². The number of ether oxygens (including phenoxy) is 1. The van der Waals surface area contributed by atoms with Gasteiger partial charge in [-0.2, -0.15) is 0 Å². The van der Waals surface area contributed by atoms with E-state index in [1.807, 2.05) is 0 Å². The van der Waals surface area contributed by atoms with Gasteiger partial charge in [0.15, 0.2) is 16.4 Å². The first kappa shape index (κ1) is 15.7. The molecule has 114 valence electrons. The maximum Gasteiger partial charge on any atom is 0.341 e. The standard InChI is InChI=1S/C12H13ClN2O5S/c13-11-9(2-1-4-14-11)12(17)20-6-10(16)15-8-3-5-21(18,19)7-8/h1-2,4,8H,3,5-7H2,(H,15,16). The quantitative estimate of drug-likeness (QED) is 0.624. The maximum atomic E-state index is 11.7. The van der Waals surface area contributed by atoms with Gasteiger partial charge >= 0.3 is 5.97 Å². The van der Waals surface area contributed by atoms with E-state index < -0.39 is 34.4 Å². The zero-order valence-electron chi connectivity index (χ0n) is 10.9. The Morgan fingerprint density at radius 1 is 1.48 bits per heavy atom. The van der Waals surface area contributed by atoms with Crippen LogP contribution in [0.3, 0.4) is 0 Å². The second-order valence-corrected chi connectivity index (χ2v) is 7.17. The Kier molecular flexibility index (Phi) is 4.79. The number of amides is 1. The molecule has 0 aromatic carbocycles. The first-order valence-corrected chi connectivity index (χ1v) is 8.35. The van der Waals surface area contributed by atoms with Crippen molar-refractivity contribution in [2.75, 3.05) is 18.1 Å². The average molecular weight is 333 g/mol. The molecule has 21 heavy (non-hydrogen) atoms. The molecule has 2 heterocycles. The summed E-state index contributed by atoms with van der Waals surface area (Å²) in [5, 5.41) is 2.50. The van der Waals surface area contributed by atoms with Crippen LogP contribution in [0.4, 0.5) is 0 Å². The molecule has 0 spiro atoms. The highest BCUT2D eigenvalue weighted by Gasteiger charge is 2.29. The van der Waals surface area contributed by atoms with Crippen LogP contribution in [0.25, 0.3) is 0 Å². The first-order chi connectivity index (χ1) is 9.87. The Bertz CT molecular complexity index is 661. The van der Waals surface area contributed by atoms with E-state index in [4.69, 9.17) is 16.3 Å². The summed E-state index contributed by atoms with van der Waals surface area (Å²) in [5.74, 6) is -1.34. The lowest BCUT2D eigenvalue weighted by atomic mass is 10.2. The number of carbonyl (C=O) groups excluding carboxylic acids is 2. The highest BCUT2D eigenvalue weighted by Crippen LogP contribution is 2.13. The minimum absolute atomic E-state index is 0.00945. The lowest BCUT2D eigenvalue weighted by Crippen LogP contribution is -2.38. The fourth-order valence-electron chi connectivity index (χ4n) is 1.93. The highest BCUT2D eigenvalue weighted by molar-refractivity contribution is 7.91. The molecule has 2 rings (SSSR count). The van der Waals surface area contributed by atoms with Crippen molar-refractivity contribution < 1.29 is 22.7 Å². The molecule has 0 bridgehead atoms. The number of sulfone groups is 1. The van der Waals surface area contributed by atoms with Crippen molar-refractivity contribution in [2.45, 2.75) is 12.5 Å². The number of hydrogen-bond acceptors (Lipinski definition) is 6. The van der Waals surface area contributed by atoms with E-state index in [0.717, 1.165) is 0 Å². The number of halogens is 1. The lowest BCUT2D eigenvalue weighted by molar-refractivity contribution is -0.124. The summed E-state index contributed by atoms with van der Waals surface area (Å²) in [6.45, 7) is -0.499. The molecule has 1 amide bonds. The van der Waals surface area contributed by atoms with Gasteiger partial charge in [-0.05, 0) is 18.6 Å². The van der Waals surface area contributed by atoms with Crippen LogP contribution in [0.15, 0.2) is 18.3 Å². The molecule has 1 N–H and O–H groups in total. The van der Waals surface area contributed by atoms with E-state index in [1.165, 1.54) is 18.3 Å². The summed E-state index contributed by atoms with van der Waals surface area (Å²) in [4.78, 5) is 27.0. The van der Waals surface area contributed by atoms with Gasteiger partial charge in [-0.1, -0.05) is 11.6 Å². The van der Waals surface area contributed by atoms with Gasteiger partial charge in [0.2, 0.25) is 0 Å². The van der Waals surface area contributed by atoms with Gasteiger partial charge in [0.25, 0.3) is 5.91 Å². The summed E-state index contributed by atoms with van der Waals surface area (Å²) in [6.07, 6.45) is 1.79. The summed E-state index contributed by atoms with van der Waals surface area (Å²) in [5.41, 5.74) is 0.0652. The van der Waals surface area contributed by atoms with Crippen molar-refractivity contribution in [1.82, 2.24) is 10.3 Å². The number of carbonyl (C=O) groups is 2. The number of hydrogen-bond donors (Lipinski definition) is 1. The van der Waals surface area contributed by atoms with Gasteiger partial charge in [0.1, 0.15) is 5.15 Å². The van der Waals surface area contributed by atoms with E-state index in [-0.39, 0.29) is 22.2 Å². The third kappa shape index (κ3) is 4.40. The number of esters is 1. The fourth-order valence-corrected chi connectivity index (χ4v) is 3.80. The predicted octanol–water partition coefficient (Wildman–Crippen LogP) is 0.195. The number of pyridine rings is 1. The van der Waals surface area contributed by atoms with Crippen LogP contribution in [0.5, 0.6) is 0 Å². The zero-order valence-corrected chi connectivity index (χ0v) is 12.5. The Morgan fingerprint density at radius 2 is 2.24 bits per heavy atom. The number of rotatable bonds is 4. The van der Waals surface area contributed by atoms with Crippen molar-refractivity contribution in [3.8, 4) is 0 Å². The van der Waals surface area contributed by atoms with Crippen LogP contribution < -0.4 is 5.32 Å². The molecule has 0 aliphatic carbocycles. The second-order valence-electron chi connectivity index (χ2n) is 4.59. The molecule has 1 unspecified atom stereocenters.